The predicted molar refractivity (Wildman–Crippen MR) is 62.5 cm³/mol. The van der Waals surface area contributed by atoms with Gasteiger partial charge in [0, 0.05) is 11.0 Å². The number of aromatic nitrogens is 1. The lowest BCUT2D eigenvalue weighted by molar-refractivity contribution is 0.758. The molecule has 1 N–H and O–H groups in total. The molecule has 0 amide bonds. The van der Waals surface area contributed by atoms with Crippen molar-refractivity contribution in [1.82, 2.24) is 4.98 Å². The summed E-state index contributed by atoms with van der Waals surface area (Å²) in [6, 6.07) is 4.06. The Morgan fingerprint density at radius 3 is 2.93 bits per heavy atom. The van der Waals surface area contributed by atoms with E-state index in [0.717, 1.165) is 28.4 Å². The van der Waals surface area contributed by atoms with Crippen LogP contribution in [-0.2, 0) is 0 Å². The summed E-state index contributed by atoms with van der Waals surface area (Å²) in [5, 5.41) is 3.35. The molecule has 1 fully saturated rings. The first-order valence-electron chi connectivity index (χ1n) is 5.13. The van der Waals surface area contributed by atoms with Crippen LogP contribution in [0.3, 0.4) is 0 Å². The summed E-state index contributed by atoms with van der Waals surface area (Å²) in [7, 11) is 0. The first kappa shape index (κ1) is 9.97. The van der Waals surface area contributed by atoms with Crippen LogP contribution in [0.4, 0.5) is 5.82 Å². The summed E-state index contributed by atoms with van der Waals surface area (Å²) >= 11 is 3.44. The van der Waals surface area contributed by atoms with Gasteiger partial charge in [-0.1, -0.05) is 12.8 Å². The summed E-state index contributed by atoms with van der Waals surface area (Å²) < 4.78 is 1.07. The van der Waals surface area contributed by atoms with Crippen molar-refractivity contribution < 1.29 is 0 Å². The normalized spacial score (nSPS) is 15.6. The van der Waals surface area contributed by atoms with E-state index in [0.29, 0.717) is 0 Å². The number of anilines is 1. The van der Waals surface area contributed by atoms with Crippen LogP contribution < -0.4 is 5.32 Å². The van der Waals surface area contributed by atoms with Gasteiger partial charge >= 0.3 is 0 Å². The van der Waals surface area contributed by atoms with Crippen LogP contribution >= 0.6 is 15.9 Å². The molecule has 1 aromatic rings. The van der Waals surface area contributed by atoms with Gasteiger partial charge in [0.15, 0.2) is 0 Å². The Balaban J connectivity index is 1.85. The van der Waals surface area contributed by atoms with Gasteiger partial charge in [-0.25, -0.2) is 4.98 Å². The highest BCUT2D eigenvalue weighted by atomic mass is 79.9. The van der Waals surface area contributed by atoms with Gasteiger partial charge in [0.25, 0.3) is 0 Å². The van der Waals surface area contributed by atoms with E-state index in [1.54, 1.807) is 0 Å². The lowest BCUT2D eigenvalue weighted by Crippen LogP contribution is -2.04. The molecule has 2 nitrogen and oxygen atoms in total. The average molecular weight is 255 g/mol. The number of nitrogens with one attached hydrogen (secondary N) is 1. The number of hydrogen-bond acceptors (Lipinski definition) is 2. The second-order valence-electron chi connectivity index (χ2n) is 3.92. The molecular formula is C11H15BrN2. The zero-order chi connectivity index (χ0) is 9.97. The Morgan fingerprint density at radius 2 is 2.29 bits per heavy atom. The summed E-state index contributed by atoms with van der Waals surface area (Å²) in [4.78, 5) is 4.43. The van der Waals surface area contributed by atoms with Gasteiger partial charge in [-0.05, 0) is 47.3 Å². The number of aryl methyl sites for hydroxylation is 1. The SMILES string of the molecule is Cc1nc(NCCC2CC2)ccc1Br. The van der Waals surface area contributed by atoms with Crippen molar-refractivity contribution in [2.75, 3.05) is 11.9 Å². The van der Waals surface area contributed by atoms with Crippen LogP contribution in [0, 0.1) is 12.8 Å². The monoisotopic (exact) mass is 254 g/mol. The highest BCUT2D eigenvalue weighted by Gasteiger charge is 2.20. The summed E-state index contributed by atoms with van der Waals surface area (Å²) in [6.07, 6.45) is 4.14. The summed E-state index contributed by atoms with van der Waals surface area (Å²) in [5.41, 5.74) is 1.04. The number of rotatable bonds is 4. The van der Waals surface area contributed by atoms with E-state index in [-0.39, 0.29) is 0 Å². The molecule has 0 saturated heterocycles. The third kappa shape index (κ3) is 2.71. The molecule has 0 atom stereocenters. The third-order valence-corrected chi connectivity index (χ3v) is 3.42. The van der Waals surface area contributed by atoms with Crippen molar-refractivity contribution in [2.45, 2.75) is 26.2 Å². The zero-order valence-electron chi connectivity index (χ0n) is 8.39. The maximum absolute atomic E-state index is 4.43. The van der Waals surface area contributed by atoms with E-state index >= 15 is 0 Å². The van der Waals surface area contributed by atoms with Crippen molar-refractivity contribution in [2.24, 2.45) is 5.92 Å². The first-order valence-corrected chi connectivity index (χ1v) is 5.92. The lowest BCUT2D eigenvalue weighted by Gasteiger charge is -2.06. The van der Waals surface area contributed by atoms with Gasteiger partial charge in [-0.15, -0.1) is 0 Å². The highest BCUT2D eigenvalue weighted by Crippen LogP contribution is 2.32. The van der Waals surface area contributed by atoms with E-state index in [4.69, 9.17) is 0 Å². The maximum atomic E-state index is 4.43. The van der Waals surface area contributed by atoms with Crippen LogP contribution in [0.25, 0.3) is 0 Å². The van der Waals surface area contributed by atoms with Crippen molar-refractivity contribution in [3.8, 4) is 0 Å². The fourth-order valence-electron chi connectivity index (χ4n) is 1.45. The number of pyridine rings is 1. The van der Waals surface area contributed by atoms with Gasteiger partial charge in [-0.3, -0.25) is 0 Å². The van der Waals surface area contributed by atoms with Crippen molar-refractivity contribution in [1.29, 1.82) is 0 Å². The second kappa shape index (κ2) is 4.30. The average Bonchev–Trinajstić information content (AvgIpc) is 2.95. The minimum Gasteiger partial charge on any atom is -0.370 e. The van der Waals surface area contributed by atoms with Crippen LogP contribution in [0.1, 0.15) is 25.0 Å². The molecule has 0 radical (unpaired) electrons. The first-order chi connectivity index (χ1) is 6.75. The topological polar surface area (TPSA) is 24.9 Å². The standard InChI is InChI=1S/C11H15BrN2/c1-8-10(12)4-5-11(14-8)13-7-6-9-2-3-9/h4-5,9H,2-3,6-7H2,1H3,(H,13,14). The van der Waals surface area contributed by atoms with Crippen LogP contribution in [0.2, 0.25) is 0 Å². The Morgan fingerprint density at radius 1 is 1.50 bits per heavy atom. The summed E-state index contributed by atoms with van der Waals surface area (Å²) in [5.74, 6) is 1.98. The van der Waals surface area contributed by atoms with Gasteiger partial charge < -0.3 is 5.32 Å². The van der Waals surface area contributed by atoms with Gasteiger partial charge in [0.05, 0.1) is 5.69 Å². The molecule has 1 heterocycles. The Hall–Kier alpha value is -0.570. The largest absolute Gasteiger partial charge is 0.370 e. The molecule has 1 aromatic heterocycles. The van der Waals surface area contributed by atoms with Crippen molar-refractivity contribution >= 4 is 21.7 Å². The van der Waals surface area contributed by atoms with Crippen LogP contribution in [-0.4, -0.2) is 11.5 Å². The molecule has 0 unspecified atom stereocenters. The molecule has 2 rings (SSSR count). The molecule has 0 bridgehead atoms. The predicted octanol–water partition coefficient (Wildman–Crippen LogP) is 3.36. The van der Waals surface area contributed by atoms with E-state index in [1.165, 1.54) is 19.3 Å². The maximum Gasteiger partial charge on any atom is 0.126 e. The van der Waals surface area contributed by atoms with Crippen molar-refractivity contribution in [3.05, 3.63) is 22.3 Å². The van der Waals surface area contributed by atoms with Gasteiger partial charge in [0.2, 0.25) is 0 Å². The number of nitrogens with zero attached hydrogens (tertiary/aromatic N) is 1. The Bertz CT molecular complexity index is 321. The lowest BCUT2D eigenvalue weighted by atomic mass is 10.3. The van der Waals surface area contributed by atoms with Crippen LogP contribution in [0.5, 0.6) is 0 Å². The molecule has 14 heavy (non-hydrogen) atoms. The third-order valence-electron chi connectivity index (χ3n) is 2.58. The van der Waals surface area contributed by atoms with E-state index in [9.17, 15) is 0 Å². The molecule has 0 aromatic carbocycles. The molecule has 1 aliphatic rings. The number of halogens is 1. The molecular weight excluding hydrogens is 240 g/mol. The zero-order valence-corrected chi connectivity index (χ0v) is 9.97. The minimum atomic E-state index is 0.985. The van der Waals surface area contributed by atoms with Crippen LogP contribution in [0.15, 0.2) is 16.6 Å². The van der Waals surface area contributed by atoms with E-state index in [1.807, 2.05) is 19.1 Å². The molecule has 3 heteroatoms. The quantitative estimate of drug-likeness (QED) is 0.892. The molecule has 1 aliphatic carbocycles. The minimum absolute atomic E-state index is 0.985. The smallest absolute Gasteiger partial charge is 0.126 e. The molecule has 76 valence electrons. The van der Waals surface area contributed by atoms with E-state index < -0.39 is 0 Å². The Kier molecular flexibility index (Phi) is 3.06. The highest BCUT2D eigenvalue weighted by molar-refractivity contribution is 9.10. The molecule has 0 spiro atoms. The molecule has 0 aliphatic heterocycles. The van der Waals surface area contributed by atoms with Gasteiger partial charge in [-0.2, -0.15) is 0 Å². The summed E-state index contributed by atoms with van der Waals surface area (Å²) in [6.45, 7) is 3.06. The fourth-order valence-corrected chi connectivity index (χ4v) is 1.67. The molecule has 1 saturated carbocycles. The fraction of sp³-hybridized carbons (Fsp3) is 0.545. The van der Waals surface area contributed by atoms with E-state index in [2.05, 4.69) is 26.2 Å². The van der Waals surface area contributed by atoms with Gasteiger partial charge in [0.1, 0.15) is 5.82 Å². The van der Waals surface area contributed by atoms with Crippen molar-refractivity contribution in [3.63, 3.8) is 0 Å². The Labute approximate surface area is 93.3 Å². The second-order valence-corrected chi connectivity index (χ2v) is 4.78. The number of hydrogen-bond donors (Lipinski definition) is 1.